The van der Waals surface area contributed by atoms with Gasteiger partial charge in [-0.25, -0.2) is 4.98 Å². The van der Waals surface area contributed by atoms with Crippen molar-refractivity contribution in [3.8, 4) is 0 Å². The number of thiazole rings is 1. The number of carbonyl (C=O) groups is 1. The molecule has 3 fully saturated rings. The van der Waals surface area contributed by atoms with E-state index in [1.807, 2.05) is 0 Å². The van der Waals surface area contributed by atoms with Gasteiger partial charge in [-0.15, -0.1) is 11.3 Å². The number of piperidine rings is 1. The van der Waals surface area contributed by atoms with Gasteiger partial charge in [-0.05, 0) is 70.4 Å². The Kier molecular flexibility index (Phi) is 5.62. The number of nitrogens with two attached hydrogens (primary N) is 1. The highest BCUT2D eigenvalue weighted by molar-refractivity contribution is 7.09. The molecule has 1 saturated heterocycles. The molecule has 2 unspecified atom stereocenters. The van der Waals surface area contributed by atoms with Crippen LogP contribution in [0.3, 0.4) is 0 Å². The number of amides is 1. The third kappa shape index (κ3) is 4.12. The van der Waals surface area contributed by atoms with Crippen LogP contribution in [0, 0.1) is 24.7 Å². The number of hydrogen-bond donors (Lipinski definition) is 2. The lowest BCUT2D eigenvalue weighted by Crippen LogP contribution is -2.55. The second kappa shape index (κ2) is 7.95. The minimum Gasteiger partial charge on any atom is -0.353 e. The van der Waals surface area contributed by atoms with E-state index in [1.54, 1.807) is 11.3 Å². The molecular formula is C20H32N4OS. The standard InChI is InChI=1S/C20H32N4OS/c1-13-22-18(12-26-13)11-24-7-5-14(6-8-24)20(25)23-19-15-3-2-4-16(19)10-17(21)9-15/h12,14-17,19H,2-11,21H2,1H3,(H,23,25). The molecular weight excluding hydrogens is 344 g/mol. The highest BCUT2D eigenvalue weighted by atomic mass is 32.1. The molecule has 2 bridgehead atoms. The largest absolute Gasteiger partial charge is 0.353 e. The number of nitrogens with zero attached hydrogens (tertiary/aromatic N) is 2. The van der Waals surface area contributed by atoms with E-state index in [2.05, 4.69) is 27.5 Å². The summed E-state index contributed by atoms with van der Waals surface area (Å²) in [6, 6.07) is 0.725. The quantitative estimate of drug-likeness (QED) is 0.847. The van der Waals surface area contributed by atoms with Crippen LogP contribution < -0.4 is 11.1 Å². The predicted molar refractivity (Wildman–Crippen MR) is 105 cm³/mol. The van der Waals surface area contributed by atoms with Crippen molar-refractivity contribution in [2.24, 2.45) is 23.5 Å². The van der Waals surface area contributed by atoms with Gasteiger partial charge < -0.3 is 11.1 Å². The van der Waals surface area contributed by atoms with Gasteiger partial charge in [0.05, 0.1) is 10.7 Å². The Balaban J connectivity index is 1.27. The van der Waals surface area contributed by atoms with Crippen molar-refractivity contribution in [2.45, 2.75) is 70.5 Å². The number of carbonyl (C=O) groups excluding carboxylic acids is 1. The van der Waals surface area contributed by atoms with E-state index < -0.39 is 0 Å². The maximum Gasteiger partial charge on any atom is 0.223 e. The molecule has 2 heterocycles. The van der Waals surface area contributed by atoms with E-state index in [-0.39, 0.29) is 5.92 Å². The average molecular weight is 377 g/mol. The molecule has 3 aliphatic rings. The lowest BCUT2D eigenvalue weighted by Gasteiger charge is -2.45. The second-order valence-corrected chi connectivity index (χ2v) is 9.69. The summed E-state index contributed by atoms with van der Waals surface area (Å²) in [5, 5.41) is 6.74. The summed E-state index contributed by atoms with van der Waals surface area (Å²) in [7, 11) is 0. The molecule has 3 N–H and O–H groups in total. The molecule has 1 aromatic rings. The first-order chi connectivity index (χ1) is 12.6. The van der Waals surface area contributed by atoms with Crippen LogP contribution in [0.2, 0.25) is 0 Å². The van der Waals surface area contributed by atoms with E-state index in [4.69, 9.17) is 5.73 Å². The molecule has 2 atom stereocenters. The van der Waals surface area contributed by atoms with Crippen molar-refractivity contribution in [3.05, 3.63) is 16.1 Å². The van der Waals surface area contributed by atoms with E-state index in [0.29, 0.717) is 29.8 Å². The Morgan fingerprint density at radius 2 is 1.96 bits per heavy atom. The number of aromatic nitrogens is 1. The highest BCUT2D eigenvalue weighted by Crippen LogP contribution is 2.40. The lowest BCUT2D eigenvalue weighted by atomic mass is 9.67. The second-order valence-electron chi connectivity index (χ2n) is 8.63. The lowest BCUT2D eigenvalue weighted by molar-refractivity contribution is -0.128. The molecule has 1 amide bonds. The Bertz CT molecular complexity index is 611. The van der Waals surface area contributed by atoms with Gasteiger partial charge in [0.1, 0.15) is 0 Å². The minimum absolute atomic E-state index is 0.180. The van der Waals surface area contributed by atoms with Crippen LogP contribution in [0.5, 0.6) is 0 Å². The molecule has 2 aliphatic carbocycles. The molecule has 2 saturated carbocycles. The Morgan fingerprint density at radius 1 is 1.27 bits per heavy atom. The van der Waals surface area contributed by atoms with Gasteiger partial charge in [0.2, 0.25) is 5.91 Å². The highest BCUT2D eigenvalue weighted by Gasteiger charge is 2.40. The monoisotopic (exact) mass is 376 g/mol. The maximum atomic E-state index is 12.9. The van der Waals surface area contributed by atoms with Crippen molar-refractivity contribution in [3.63, 3.8) is 0 Å². The molecule has 4 rings (SSSR count). The van der Waals surface area contributed by atoms with Crippen molar-refractivity contribution in [1.29, 1.82) is 0 Å². The summed E-state index contributed by atoms with van der Waals surface area (Å²) in [4.78, 5) is 19.9. The van der Waals surface area contributed by atoms with Crippen LogP contribution >= 0.6 is 11.3 Å². The fourth-order valence-corrected chi connectivity index (χ4v) is 5.97. The average Bonchev–Trinajstić information content (AvgIpc) is 3.01. The van der Waals surface area contributed by atoms with Gasteiger partial charge in [0.25, 0.3) is 0 Å². The first-order valence-electron chi connectivity index (χ1n) is 10.3. The topological polar surface area (TPSA) is 71.2 Å². The molecule has 144 valence electrons. The molecule has 0 aromatic carbocycles. The normalized spacial score (nSPS) is 33.2. The van der Waals surface area contributed by atoms with Crippen molar-refractivity contribution in [2.75, 3.05) is 13.1 Å². The summed E-state index contributed by atoms with van der Waals surface area (Å²) in [6.45, 7) is 4.97. The summed E-state index contributed by atoms with van der Waals surface area (Å²) < 4.78 is 0. The molecule has 0 spiro atoms. The fraction of sp³-hybridized carbons (Fsp3) is 0.800. The molecule has 26 heavy (non-hydrogen) atoms. The van der Waals surface area contributed by atoms with Crippen LogP contribution in [0.1, 0.15) is 55.6 Å². The van der Waals surface area contributed by atoms with E-state index in [1.165, 1.54) is 25.0 Å². The first kappa shape index (κ1) is 18.4. The third-order valence-corrected chi connectivity index (χ3v) is 7.52. The molecule has 5 nitrogen and oxygen atoms in total. The zero-order valence-corrected chi connectivity index (χ0v) is 16.6. The summed E-state index contributed by atoms with van der Waals surface area (Å²) >= 11 is 1.72. The van der Waals surface area contributed by atoms with Gasteiger partial charge in [-0.2, -0.15) is 0 Å². The van der Waals surface area contributed by atoms with E-state index >= 15 is 0 Å². The Morgan fingerprint density at radius 3 is 2.58 bits per heavy atom. The van der Waals surface area contributed by atoms with Crippen molar-refractivity contribution >= 4 is 17.2 Å². The predicted octanol–water partition coefficient (Wildman–Crippen LogP) is 2.69. The van der Waals surface area contributed by atoms with Gasteiger partial charge in [-0.3, -0.25) is 9.69 Å². The van der Waals surface area contributed by atoms with Crippen molar-refractivity contribution in [1.82, 2.24) is 15.2 Å². The number of hydrogen-bond acceptors (Lipinski definition) is 5. The maximum absolute atomic E-state index is 12.9. The van der Waals surface area contributed by atoms with Gasteiger partial charge in [-0.1, -0.05) is 6.42 Å². The third-order valence-electron chi connectivity index (χ3n) is 6.70. The molecule has 1 aromatic heterocycles. The smallest absolute Gasteiger partial charge is 0.223 e. The molecule has 0 radical (unpaired) electrons. The van der Waals surface area contributed by atoms with Crippen LogP contribution in [-0.4, -0.2) is 41.0 Å². The zero-order chi connectivity index (χ0) is 18.1. The van der Waals surface area contributed by atoms with E-state index in [9.17, 15) is 4.79 Å². The van der Waals surface area contributed by atoms with Gasteiger partial charge in [0.15, 0.2) is 0 Å². The Hall–Kier alpha value is -0.980. The number of likely N-dealkylation sites (tertiary alicyclic amines) is 1. The van der Waals surface area contributed by atoms with Crippen LogP contribution in [0.15, 0.2) is 5.38 Å². The van der Waals surface area contributed by atoms with Gasteiger partial charge >= 0.3 is 0 Å². The van der Waals surface area contributed by atoms with Gasteiger partial charge in [0, 0.05) is 29.9 Å². The molecule has 6 heteroatoms. The number of nitrogens with one attached hydrogen (secondary N) is 1. The van der Waals surface area contributed by atoms with Crippen molar-refractivity contribution < 1.29 is 4.79 Å². The minimum atomic E-state index is 0.180. The summed E-state index contributed by atoms with van der Waals surface area (Å²) in [5.41, 5.74) is 7.39. The number of fused-ring (bicyclic) bond motifs is 2. The molecule has 1 aliphatic heterocycles. The number of aryl methyl sites for hydroxylation is 1. The van der Waals surface area contributed by atoms with Crippen LogP contribution in [0.25, 0.3) is 0 Å². The number of rotatable bonds is 4. The zero-order valence-electron chi connectivity index (χ0n) is 15.8. The van der Waals surface area contributed by atoms with Crippen LogP contribution in [0.4, 0.5) is 0 Å². The summed E-state index contributed by atoms with van der Waals surface area (Å²) in [5.74, 6) is 1.69. The SMILES string of the molecule is Cc1nc(CN2CCC(C(=O)NC3C4CCCC3CC(N)C4)CC2)cs1. The van der Waals surface area contributed by atoms with Crippen LogP contribution in [-0.2, 0) is 11.3 Å². The first-order valence-corrected chi connectivity index (χ1v) is 11.2. The fourth-order valence-electron chi connectivity index (χ4n) is 5.37. The Labute approximate surface area is 160 Å². The summed E-state index contributed by atoms with van der Waals surface area (Å²) in [6.07, 6.45) is 7.90. The van der Waals surface area contributed by atoms with E-state index in [0.717, 1.165) is 50.3 Å².